The van der Waals surface area contributed by atoms with E-state index < -0.39 is 0 Å². The summed E-state index contributed by atoms with van der Waals surface area (Å²) in [6.07, 6.45) is 3.90. The molecule has 0 spiro atoms. The lowest BCUT2D eigenvalue weighted by atomic mass is 9.82. The van der Waals surface area contributed by atoms with Gasteiger partial charge in [-0.25, -0.2) is 0 Å². The van der Waals surface area contributed by atoms with E-state index in [4.69, 9.17) is 9.47 Å². The van der Waals surface area contributed by atoms with Gasteiger partial charge < -0.3 is 14.8 Å². The topological polar surface area (TPSA) is 33.7 Å². The SMILES string of the molecule is CCCC1(CN(CCOCC)CCOCC)CCNC1. The van der Waals surface area contributed by atoms with Gasteiger partial charge in [0.1, 0.15) is 0 Å². The Balaban J connectivity index is 2.46. The monoisotopic (exact) mass is 286 g/mol. The second-order valence-electron chi connectivity index (χ2n) is 5.85. The van der Waals surface area contributed by atoms with Crippen LogP contribution in [0.5, 0.6) is 0 Å². The van der Waals surface area contributed by atoms with Crippen LogP contribution in [0.15, 0.2) is 0 Å². The van der Waals surface area contributed by atoms with Gasteiger partial charge in [0.2, 0.25) is 0 Å². The van der Waals surface area contributed by atoms with E-state index in [1.165, 1.54) is 38.9 Å². The molecule has 1 fully saturated rings. The van der Waals surface area contributed by atoms with Crippen LogP contribution >= 0.6 is 0 Å². The van der Waals surface area contributed by atoms with Crippen molar-refractivity contribution in [2.75, 3.05) is 59.2 Å². The number of ether oxygens (including phenoxy) is 2. The van der Waals surface area contributed by atoms with Gasteiger partial charge in [0, 0.05) is 39.4 Å². The summed E-state index contributed by atoms with van der Waals surface area (Å²) in [4.78, 5) is 2.54. The fourth-order valence-corrected chi connectivity index (χ4v) is 3.17. The normalized spacial score (nSPS) is 22.8. The molecule has 1 heterocycles. The molecule has 4 heteroatoms. The summed E-state index contributed by atoms with van der Waals surface area (Å²) in [5.74, 6) is 0. The summed E-state index contributed by atoms with van der Waals surface area (Å²) in [7, 11) is 0. The molecule has 0 bridgehead atoms. The minimum atomic E-state index is 0.465. The van der Waals surface area contributed by atoms with Crippen LogP contribution in [-0.4, -0.2) is 64.1 Å². The molecular formula is C16H34N2O2. The average Bonchev–Trinajstić information content (AvgIpc) is 2.88. The molecule has 4 nitrogen and oxygen atoms in total. The molecule has 1 aliphatic rings. The minimum absolute atomic E-state index is 0.465. The summed E-state index contributed by atoms with van der Waals surface area (Å²) in [5, 5.41) is 3.55. The first-order valence-corrected chi connectivity index (χ1v) is 8.35. The van der Waals surface area contributed by atoms with Gasteiger partial charge in [-0.15, -0.1) is 0 Å². The van der Waals surface area contributed by atoms with Crippen molar-refractivity contribution < 1.29 is 9.47 Å². The van der Waals surface area contributed by atoms with Gasteiger partial charge in [-0.2, -0.15) is 0 Å². The molecule has 1 N–H and O–H groups in total. The second kappa shape index (κ2) is 10.6. The molecule has 0 aliphatic carbocycles. The molecular weight excluding hydrogens is 252 g/mol. The van der Waals surface area contributed by atoms with Crippen LogP contribution in [0.25, 0.3) is 0 Å². The highest BCUT2D eigenvalue weighted by Crippen LogP contribution is 2.32. The molecule has 1 rings (SSSR count). The van der Waals surface area contributed by atoms with Crippen LogP contribution in [0.3, 0.4) is 0 Å². The quantitative estimate of drug-likeness (QED) is 0.557. The Labute approximate surface area is 125 Å². The number of nitrogens with zero attached hydrogens (tertiary/aromatic N) is 1. The third kappa shape index (κ3) is 6.53. The molecule has 20 heavy (non-hydrogen) atoms. The van der Waals surface area contributed by atoms with Crippen molar-refractivity contribution in [3.63, 3.8) is 0 Å². The van der Waals surface area contributed by atoms with Crippen LogP contribution in [0.1, 0.15) is 40.0 Å². The van der Waals surface area contributed by atoms with E-state index in [1.807, 2.05) is 0 Å². The lowest BCUT2D eigenvalue weighted by molar-refractivity contribution is 0.0598. The largest absolute Gasteiger partial charge is 0.380 e. The maximum Gasteiger partial charge on any atom is 0.0593 e. The molecule has 120 valence electrons. The third-order valence-corrected chi connectivity index (χ3v) is 4.18. The van der Waals surface area contributed by atoms with Gasteiger partial charge in [0.25, 0.3) is 0 Å². The molecule has 0 amide bonds. The van der Waals surface area contributed by atoms with Crippen molar-refractivity contribution in [1.29, 1.82) is 0 Å². The highest BCUT2D eigenvalue weighted by molar-refractivity contribution is 4.90. The summed E-state index contributed by atoms with van der Waals surface area (Å²) in [6, 6.07) is 0. The van der Waals surface area contributed by atoms with Crippen molar-refractivity contribution >= 4 is 0 Å². The average molecular weight is 286 g/mol. The van der Waals surface area contributed by atoms with E-state index in [-0.39, 0.29) is 0 Å². The van der Waals surface area contributed by atoms with Gasteiger partial charge in [0.05, 0.1) is 13.2 Å². The van der Waals surface area contributed by atoms with Crippen LogP contribution < -0.4 is 5.32 Å². The fourth-order valence-electron chi connectivity index (χ4n) is 3.17. The molecule has 0 aromatic heterocycles. The van der Waals surface area contributed by atoms with Crippen LogP contribution in [-0.2, 0) is 9.47 Å². The van der Waals surface area contributed by atoms with Gasteiger partial charge in [0.15, 0.2) is 0 Å². The molecule has 1 aliphatic heterocycles. The van der Waals surface area contributed by atoms with Crippen LogP contribution in [0.2, 0.25) is 0 Å². The summed E-state index contributed by atoms with van der Waals surface area (Å²) in [5.41, 5.74) is 0.465. The molecule has 0 radical (unpaired) electrons. The van der Waals surface area contributed by atoms with E-state index in [0.29, 0.717) is 5.41 Å². The van der Waals surface area contributed by atoms with Gasteiger partial charge in [-0.1, -0.05) is 13.3 Å². The lowest BCUT2D eigenvalue weighted by Gasteiger charge is -2.35. The first-order valence-electron chi connectivity index (χ1n) is 8.35. The first-order chi connectivity index (χ1) is 9.76. The summed E-state index contributed by atoms with van der Waals surface area (Å²) >= 11 is 0. The van der Waals surface area contributed by atoms with Crippen molar-refractivity contribution in [2.24, 2.45) is 5.41 Å². The zero-order chi connectivity index (χ0) is 14.7. The number of hydrogen-bond donors (Lipinski definition) is 1. The van der Waals surface area contributed by atoms with Crippen molar-refractivity contribution in [2.45, 2.75) is 40.0 Å². The third-order valence-electron chi connectivity index (χ3n) is 4.18. The fraction of sp³-hybridized carbons (Fsp3) is 1.00. The van der Waals surface area contributed by atoms with Gasteiger partial charge in [-0.05, 0) is 38.6 Å². The zero-order valence-electron chi connectivity index (χ0n) is 13.7. The molecule has 0 aromatic rings. The number of rotatable bonds is 12. The highest BCUT2D eigenvalue weighted by atomic mass is 16.5. The summed E-state index contributed by atoms with van der Waals surface area (Å²) < 4.78 is 11.1. The Morgan fingerprint density at radius 2 is 1.70 bits per heavy atom. The molecule has 0 aromatic carbocycles. The predicted octanol–water partition coefficient (Wildman–Crippen LogP) is 2.14. The highest BCUT2D eigenvalue weighted by Gasteiger charge is 2.34. The maximum atomic E-state index is 5.53. The van der Waals surface area contributed by atoms with E-state index in [0.717, 1.165) is 39.5 Å². The summed E-state index contributed by atoms with van der Waals surface area (Å²) in [6.45, 7) is 15.2. The molecule has 1 atom stereocenters. The number of hydrogen-bond acceptors (Lipinski definition) is 4. The standard InChI is InChI=1S/C16H34N2O2/c1-4-7-16(8-9-17-14-16)15-18(10-12-19-5-2)11-13-20-6-3/h17H,4-15H2,1-3H3. The smallest absolute Gasteiger partial charge is 0.0593 e. The lowest BCUT2D eigenvalue weighted by Crippen LogP contribution is -2.42. The van der Waals surface area contributed by atoms with Crippen molar-refractivity contribution in [3.8, 4) is 0 Å². The zero-order valence-corrected chi connectivity index (χ0v) is 13.7. The van der Waals surface area contributed by atoms with Gasteiger partial charge >= 0.3 is 0 Å². The van der Waals surface area contributed by atoms with E-state index in [9.17, 15) is 0 Å². The Kier molecular flexibility index (Phi) is 9.44. The maximum absolute atomic E-state index is 5.53. The minimum Gasteiger partial charge on any atom is -0.380 e. The number of nitrogens with one attached hydrogen (secondary N) is 1. The molecule has 0 saturated carbocycles. The van der Waals surface area contributed by atoms with Crippen LogP contribution in [0, 0.1) is 5.41 Å². The van der Waals surface area contributed by atoms with Crippen LogP contribution in [0.4, 0.5) is 0 Å². The predicted molar refractivity (Wildman–Crippen MR) is 84.3 cm³/mol. The van der Waals surface area contributed by atoms with Crippen molar-refractivity contribution in [1.82, 2.24) is 10.2 Å². The Bertz CT molecular complexity index is 221. The molecule has 1 unspecified atom stereocenters. The first kappa shape index (κ1) is 17.9. The van der Waals surface area contributed by atoms with E-state index in [1.54, 1.807) is 0 Å². The van der Waals surface area contributed by atoms with E-state index >= 15 is 0 Å². The Morgan fingerprint density at radius 3 is 2.15 bits per heavy atom. The molecule has 1 saturated heterocycles. The van der Waals surface area contributed by atoms with E-state index in [2.05, 4.69) is 31.0 Å². The van der Waals surface area contributed by atoms with Gasteiger partial charge in [-0.3, -0.25) is 4.90 Å². The van der Waals surface area contributed by atoms with Crippen molar-refractivity contribution in [3.05, 3.63) is 0 Å². The Hall–Kier alpha value is -0.160. The second-order valence-corrected chi connectivity index (χ2v) is 5.85. The Morgan fingerprint density at radius 1 is 1.05 bits per heavy atom.